The summed E-state index contributed by atoms with van der Waals surface area (Å²) in [5.41, 5.74) is -0.587. The second kappa shape index (κ2) is 11.1. The number of benzene rings is 2. The summed E-state index contributed by atoms with van der Waals surface area (Å²) in [6.45, 7) is -2.31. The molecule has 0 bridgehead atoms. The fraction of sp³-hybridized carbons (Fsp3) is 0.458. The van der Waals surface area contributed by atoms with Gasteiger partial charge in [-0.1, -0.05) is 30.3 Å². The molecule has 0 aliphatic carbocycles. The molecule has 2 aromatic rings. The average Bonchev–Trinajstić information content (AvgIpc) is 2.83. The normalized spacial score (nSPS) is 19.7. The first-order chi connectivity index (χ1) is 17.4. The highest BCUT2D eigenvalue weighted by Gasteiger charge is 2.21. The van der Waals surface area contributed by atoms with Crippen LogP contribution in [-0.4, -0.2) is 79.9 Å². The molecule has 0 saturated carbocycles. The first-order valence-corrected chi connectivity index (χ1v) is 10.2. The van der Waals surface area contributed by atoms with Crippen LogP contribution in [0.5, 0.6) is 11.5 Å². The molecule has 7 heteroatoms. The van der Waals surface area contributed by atoms with Crippen LogP contribution < -0.4 is 14.8 Å². The van der Waals surface area contributed by atoms with Crippen molar-refractivity contribution < 1.29 is 27.6 Å². The third kappa shape index (κ3) is 6.69. The number of nitrogens with one attached hydrogen (secondary N) is 1. The van der Waals surface area contributed by atoms with E-state index in [1.54, 1.807) is 19.2 Å². The minimum Gasteiger partial charge on any atom is -0.493 e. The van der Waals surface area contributed by atoms with Crippen LogP contribution in [0.15, 0.2) is 42.5 Å². The lowest BCUT2D eigenvalue weighted by atomic mass is 10.1. The van der Waals surface area contributed by atoms with Gasteiger partial charge in [-0.15, -0.1) is 0 Å². The highest BCUT2D eigenvalue weighted by atomic mass is 16.5. The lowest BCUT2D eigenvalue weighted by molar-refractivity contribution is -0.117. The molecule has 1 amide bonds. The number of carbonyl (C=O) groups excluding carboxylic acids is 1. The summed E-state index contributed by atoms with van der Waals surface area (Å²) >= 11 is 0. The molecule has 2 N–H and O–H groups in total. The summed E-state index contributed by atoms with van der Waals surface area (Å²) in [6, 6.07) is 11.2. The number of carbonyl (C=O) groups is 1. The molecule has 3 rings (SSSR count). The number of rotatable bonds is 9. The van der Waals surface area contributed by atoms with Crippen LogP contribution >= 0.6 is 0 Å². The van der Waals surface area contributed by atoms with E-state index in [-0.39, 0.29) is 30.0 Å². The van der Waals surface area contributed by atoms with Crippen LogP contribution in [0.2, 0.25) is 0 Å². The van der Waals surface area contributed by atoms with Crippen LogP contribution in [0.3, 0.4) is 0 Å². The lowest BCUT2D eigenvalue weighted by Gasteiger charge is -2.35. The second-order valence-electron chi connectivity index (χ2n) is 7.47. The number of para-hydroxylation sites is 3. The first kappa shape index (κ1) is 16.1. The maximum atomic E-state index is 12.8. The van der Waals surface area contributed by atoms with Gasteiger partial charge in [0, 0.05) is 46.6 Å². The standard InChI is InChI=1S/C24H33N3O4/c1-18-7-6-8-19(2)24(18)25-23(29)16-27-13-11-26(12-14-27)15-20(28)17-31-22-10-5-4-9-21(22)30-3/h4-10,20,28H,11-17H2,1-3H3,(H,25,29)/i1D3,2D3. The van der Waals surface area contributed by atoms with Crippen molar-refractivity contribution in [2.45, 2.75) is 19.8 Å². The van der Waals surface area contributed by atoms with E-state index >= 15 is 0 Å². The molecule has 7 nitrogen and oxygen atoms in total. The number of aliphatic hydroxyl groups excluding tert-OH is 1. The fourth-order valence-corrected chi connectivity index (χ4v) is 3.47. The number of aryl methyl sites for hydroxylation is 2. The minimum atomic E-state index is -2.58. The molecule has 1 saturated heterocycles. The van der Waals surface area contributed by atoms with Gasteiger partial charge in [-0.2, -0.15) is 0 Å². The van der Waals surface area contributed by atoms with Gasteiger partial charge in [-0.3, -0.25) is 14.6 Å². The fourth-order valence-electron chi connectivity index (χ4n) is 3.47. The Morgan fingerprint density at radius 3 is 2.35 bits per heavy atom. The Bertz CT molecular complexity index is 1020. The summed E-state index contributed by atoms with van der Waals surface area (Å²) < 4.78 is 57.3. The Kier molecular flexibility index (Phi) is 5.78. The predicted octanol–water partition coefficient (Wildman–Crippen LogP) is 2.31. The Morgan fingerprint density at radius 2 is 1.71 bits per heavy atom. The number of ether oxygens (including phenoxy) is 2. The Labute approximate surface area is 193 Å². The number of hydrogen-bond acceptors (Lipinski definition) is 6. The quantitative estimate of drug-likeness (QED) is 0.632. The topological polar surface area (TPSA) is 74.3 Å². The Balaban J connectivity index is 1.51. The lowest BCUT2D eigenvalue weighted by Crippen LogP contribution is -2.50. The van der Waals surface area contributed by atoms with E-state index in [1.165, 1.54) is 18.2 Å². The molecule has 1 aliphatic heterocycles. The summed E-state index contributed by atoms with van der Waals surface area (Å²) in [4.78, 5) is 16.7. The van der Waals surface area contributed by atoms with Gasteiger partial charge in [-0.25, -0.2) is 0 Å². The van der Waals surface area contributed by atoms with E-state index < -0.39 is 25.7 Å². The Hall–Kier alpha value is -2.61. The van der Waals surface area contributed by atoms with E-state index in [4.69, 9.17) is 17.7 Å². The van der Waals surface area contributed by atoms with Gasteiger partial charge < -0.3 is 19.9 Å². The number of hydrogen-bond donors (Lipinski definition) is 2. The van der Waals surface area contributed by atoms with Crippen molar-refractivity contribution in [1.82, 2.24) is 9.80 Å². The number of piperazine rings is 1. The highest BCUT2D eigenvalue weighted by molar-refractivity contribution is 5.93. The second-order valence-corrected chi connectivity index (χ2v) is 7.47. The number of methoxy groups -OCH3 is 1. The largest absolute Gasteiger partial charge is 0.493 e. The van der Waals surface area contributed by atoms with Gasteiger partial charge in [0.25, 0.3) is 0 Å². The van der Waals surface area contributed by atoms with E-state index in [0.717, 1.165) is 0 Å². The summed E-state index contributed by atoms with van der Waals surface area (Å²) in [7, 11) is 1.55. The van der Waals surface area contributed by atoms with Crippen molar-refractivity contribution in [3.63, 3.8) is 0 Å². The van der Waals surface area contributed by atoms with Crippen LogP contribution in [0.25, 0.3) is 0 Å². The zero-order valence-electron chi connectivity index (χ0n) is 23.6. The SMILES string of the molecule is [2H]C([2H])([2H])c1cccc(C([2H])([2H])[2H])c1NC(=O)CN1CCN(CC(O)COc2ccccc2OC)CC1. The average molecular weight is 434 g/mol. The van der Waals surface area contributed by atoms with Crippen molar-refractivity contribution in [3.05, 3.63) is 53.6 Å². The molecule has 1 aliphatic rings. The van der Waals surface area contributed by atoms with Crippen LogP contribution in [-0.2, 0) is 4.79 Å². The molecule has 1 fully saturated rings. The van der Waals surface area contributed by atoms with Crippen molar-refractivity contribution in [2.24, 2.45) is 0 Å². The molecule has 1 unspecified atom stereocenters. The zero-order chi connectivity index (χ0) is 27.2. The van der Waals surface area contributed by atoms with E-state index in [2.05, 4.69) is 10.2 Å². The van der Waals surface area contributed by atoms with Gasteiger partial charge in [-0.05, 0) is 37.0 Å². The molecule has 2 aromatic carbocycles. The van der Waals surface area contributed by atoms with Gasteiger partial charge in [0.2, 0.25) is 5.91 Å². The smallest absolute Gasteiger partial charge is 0.238 e. The van der Waals surface area contributed by atoms with Crippen LogP contribution in [0, 0.1) is 13.7 Å². The zero-order valence-corrected chi connectivity index (χ0v) is 17.6. The van der Waals surface area contributed by atoms with Crippen molar-refractivity contribution >= 4 is 11.6 Å². The molecule has 1 atom stereocenters. The molecule has 31 heavy (non-hydrogen) atoms. The molecule has 0 radical (unpaired) electrons. The number of anilines is 1. The van der Waals surface area contributed by atoms with E-state index in [1.807, 2.05) is 17.0 Å². The molecular formula is C24H33N3O4. The van der Waals surface area contributed by atoms with Gasteiger partial charge in [0.1, 0.15) is 12.7 Å². The molecule has 0 aromatic heterocycles. The minimum absolute atomic E-state index is 0.0108. The molecule has 1 heterocycles. The van der Waals surface area contributed by atoms with E-state index in [9.17, 15) is 9.90 Å². The first-order valence-electron chi connectivity index (χ1n) is 13.2. The molecule has 0 spiro atoms. The highest BCUT2D eigenvalue weighted by Crippen LogP contribution is 2.25. The summed E-state index contributed by atoms with van der Waals surface area (Å²) in [5.74, 6) is 0.663. The van der Waals surface area contributed by atoms with Gasteiger partial charge in [0.15, 0.2) is 11.5 Å². The number of nitrogens with zero attached hydrogens (tertiary/aromatic N) is 2. The molecule has 168 valence electrons. The van der Waals surface area contributed by atoms with Gasteiger partial charge >= 0.3 is 0 Å². The van der Waals surface area contributed by atoms with Crippen molar-refractivity contribution in [3.8, 4) is 11.5 Å². The van der Waals surface area contributed by atoms with Gasteiger partial charge in [0.05, 0.1) is 13.7 Å². The summed E-state index contributed by atoms with van der Waals surface area (Å²) in [5, 5.41) is 13.0. The van der Waals surface area contributed by atoms with Crippen molar-refractivity contribution in [2.75, 3.05) is 58.3 Å². The van der Waals surface area contributed by atoms with Crippen molar-refractivity contribution in [1.29, 1.82) is 0 Å². The third-order valence-corrected chi connectivity index (χ3v) is 5.13. The van der Waals surface area contributed by atoms with Crippen LogP contribution in [0.4, 0.5) is 5.69 Å². The van der Waals surface area contributed by atoms with Crippen LogP contribution in [0.1, 0.15) is 19.4 Å². The summed E-state index contributed by atoms with van der Waals surface area (Å²) in [6.07, 6.45) is -0.713. The maximum Gasteiger partial charge on any atom is 0.238 e. The number of amides is 1. The predicted molar refractivity (Wildman–Crippen MR) is 122 cm³/mol. The van der Waals surface area contributed by atoms with E-state index in [0.29, 0.717) is 44.2 Å². The maximum absolute atomic E-state index is 12.8. The number of aliphatic hydroxyl groups is 1. The number of β-amino-alcohol motifs (C(OH)–C–C–N with tert-alkyl or cyclic N) is 1. The Morgan fingerprint density at radius 1 is 1.06 bits per heavy atom. The monoisotopic (exact) mass is 433 g/mol. The third-order valence-electron chi connectivity index (χ3n) is 5.13. The molecular weight excluding hydrogens is 394 g/mol.